The van der Waals surface area contributed by atoms with Gasteiger partial charge in [-0.15, -0.1) is 0 Å². The molecule has 0 aromatic heterocycles. The lowest BCUT2D eigenvalue weighted by Gasteiger charge is -2.11. The Morgan fingerprint density at radius 1 is 1.64 bits per heavy atom. The fourth-order valence-electron chi connectivity index (χ4n) is 1.61. The molecule has 0 N–H and O–H groups in total. The molecule has 2 heterocycles. The summed E-state index contributed by atoms with van der Waals surface area (Å²) in [6, 6.07) is 0. The van der Waals surface area contributed by atoms with E-state index in [9.17, 15) is 4.79 Å². The topological polar surface area (TPSA) is 44.8 Å². The summed E-state index contributed by atoms with van der Waals surface area (Å²) in [5, 5.41) is 0. The van der Waals surface area contributed by atoms with Crippen LogP contribution in [-0.4, -0.2) is 32.1 Å². The number of esters is 1. The van der Waals surface area contributed by atoms with Crippen LogP contribution in [0.4, 0.5) is 0 Å². The third-order valence-electron chi connectivity index (χ3n) is 2.17. The van der Waals surface area contributed by atoms with E-state index in [4.69, 9.17) is 14.2 Å². The first-order valence-electron chi connectivity index (χ1n) is 3.65. The number of hydrogen-bond donors (Lipinski definition) is 0. The van der Waals surface area contributed by atoms with E-state index in [1.54, 1.807) is 7.11 Å². The summed E-state index contributed by atoms with van der Waals surface area (Å²) in [6.07, 6.45) is 0.127. The number of ether oxygens (including phenoxy) is 3. The van der Waals surface area contributed by atoms with Gasteiger partial charge in [-0.3, -0.25) is 4.79 Å². The molecule has 2 saturated heterocycles. The summed E-state index contributed by atoms with van der Waals surface area (Å²) in [5.41, 5.74) is 0. The van der Waals surface area contributed by atoms with Crippen molar-refractivity contribution in [2.45, 2.75) is 18.8 Å². The van der Waals surface area contributed by atoms with Gasteiger partial charge in [0.15, 0.2) is 6.29 Å². The zero-order valence-corrected chi connectivity index (χ0v) is 6.28. The second-order valence-electron chi connectivity index (χ2n) is 2.83. The smallest absolute Gasteiger partial charge is 0.306 e. The molecule has 0 aliphatic carbocycles. The average Bonchev–Trinajstić information content (AvgIpc) is 2.45. The number of fused-ring (bicyclic) bond motifs is 1. The van der Waals surface area contributed by atoms with Gasteiger partial charge in [0.1, 0.15) is 6.10 Å². The van der Waals surface area contributed by atoms with Crippen molar-refractivity contribution >= 4 is 5.97 Å². The fraction of sp³-hybridized carbons (Fsp3) is 0.857. The predicted molar refractivity (Wildman–Crippen MR) is 34.7 cm³/mol. The van der Waals surface area contributed by atoms with Crippen molar-refractivity contribution in [2.75, 3.05) is 13.7 Å². The summed E-state index contributed by atoms with van der Waals surface area (Å²) >= 11 is 0. The highest BCUT2D eigenvalue weighted by Crippen LogP contribution is 2.33. The van der Waals surface area contributed by atoms with Crippen molar-refractivity contribution < 1.29 is 19.0 Å². The lowest BCUT2D eigenvalue weighted by Crippen LogP contribution is -2.20. The SMILES string of the molecule is CO[C@H]1OCC2OC(=O)CC21. The van der Waals surface area contributed by atoms with Crippen LogP contribution in [0.15, 0.2) is 0 Å². The minimum absolute atomic E-state index is 0.0625. The molecule has 4 heteroatoms. The monoisotopic (exact) mass is 158 g/mol. The molecule has 0 saturated carbocycles. The van der Waals surface area contributed by atoms with Gasteiger partial charge in [-0.2, -0.15) is 0 Å². The van der Waals surface area contributed by atoms with E-state index in [-0.39, 0.29) is 24.3 Å². The van der Waals surface area contributed by atoms with Crippen molar-refractivity contribution in [3.63, 3.8) is 0 Å². The van der Waals surface area contributed by atoms with Crippen molar-refractivity contribution in [2.24, 2.45) is 5.92 Å². The third-order valence-corrected chi connectivity index (χ3v) is 2.17. The standard InChI is InChI=1S/C7H10O4/c1-9-7-4-2-6(8)11-5(4)3-10-7/h4-5,7H,2-3H2,1H3/t4?,5?,7-/m0/s1. The molecule has 2 aliphatic rings. The maximum Gasteiger partial charge on any atom is 0.306 e. The highest BCUT2D eigenvalue weighted by atomic mass is 16.7. The second-order valence-corrected chi connectivity index (χ2v) is 2.83. The molecule has 11 heavy (non-hydrogen) atoms. The van der Waals surface area contributed by atoms with Crippen LogP contribution in [0.2, 0.25) is 0 Å². The van der Waals surface area contributed by atoms with Gasteiger partial charge < -0.3 is 14.2 Å². The molecule has 3 atom stereocenters. The van der Waals surface area contributed by atoms with Crippen LogP contribution in [0, 0.1) is 5.92 Å². The summed E-state index contributed by atoms with van der Waals surface area (Å²) < 4.78 is 15.2. The molecule has 4 nitrogen and oxygen atoms in total. The molecular weight excluding hydrogens is 148 g/mol. The number of rotatable bonds is 1. The molecule has 2 rings (SSSR count). The Bertz CT molecular complexity index is 179. The van der Waals surface area contributed by atoms with Crippen LogP contribution >= 0.6 is 0 Å². The highest BCUT2D eigenvalue weighted by Gasteiger charge is 2.46. The number of carbonyl (C=O) groups is 1. The van der Waals surface area contributed by atoms with E-state index >= 15 is 0 Å². The van der Waals surface area contributed by atoms with E-state index in [0.717, 1.165) is 0 Å². The molecule has 0 spiro atoms. The minimum atomic E-state index is -0.244. The van der Waals surface area contributed by atoms with Gasteiger partial charge in [0.05, 0.1) is 18.9 Å². The first kappa shape index (κ1) is 7.06. The Hall–Kier alpha value is -0.610. The Balaban J connectivity index is 2.07. The lowest BCUT2D eigenvalue weighted by molar-refractivity contribution is -0.146. The first-order valence-corrected chi connectivity index (χ1v) is 3.65. The number of hydrogen-bond acceptors (Lipinski definition) is 4. The van der Waals surface area contributed by atoms with Gasteiger partial charge in [-0.25, -0.2) is 0 Å². The molecule has 2 aliphatic heterocycles. The maximum atomic E-state index is 10.8. The van der Waals surface area contributed by atoms with Gasteiger partial charge in [0.25, 0.3) is 0 Å². The van der Waals surface area contributed by atoms with E-state index in [1.807, 2.05) is 0 Å². The highest BCUT2D eigenvalue weighted by molar-refractivity contribution is 5.72. The van der Waals surface area contributed by atoms with E-state index in [1.165, 1.54) is 0 Å². The molecule has 2 unspecified atom stereocenters. The van der Waals surface area contributed by atoms with Crippen molar-refractivity contribution in [3.05, 3.63) is 0 Å². The fourth-order valence-corrected chi connectivity index (χ4v) is 1.61. The quantitative estimate of drug-likeness (QED) is 0.501. The molecule has 0 radical (unpaired) electrons. The predicted octanol–water partition coefficient (Wildman–Crippen LogP) is -0.0792. The zero-order chi connectivity index (χ0) is 7.84. The summed E-state index contributed by atoms with van der Waals surface area (Å²) in [4.78, 5) is 10.8. The Morgan fingerprint density at radius 2 is 2.45 bits per heavy atom. The van der Waals surface area contributed by atoms with Gasteiger partial charge in [0, 0.05) is 7.11 Å². The number of methoxy groups -OCH3 is 1. The lowest BCUT2D eigenvalue weighted by atomic mass is 10.0. The molecular formula is C7H10O4. The Labute approximate surface area is 64.4 Å². The van der Waals surface area contributed by atoms with Crippen molar-refractivity contribution in [3.8, 4) is 0 Å². The average molecular weight is 158 g/mol. The minimum Gasteiger partial charge on any atom is -0.459 e. The van der Waals surface area contributed by atoms with Crippen LogP contribution in [0.3, 0.4) is 0 Å². The molecule has 0 aromatic carbocycles. The number of carbonyl (C=O) groups excluding carboxylic acids is 1. The van der Waals surface area contributed by atoms with E-state index in [0.29, 0.717) is 13.0 Å². The van der Waals surface area contributed by atoms with Crippen LogP contribution in [-0.2, 0) is 19.0 Å². The van der Waals surface area contributed by atoms with E-state index in [2.05, 4.69) is 0 Å². The van der Waals surface area contributed by atoms with Gasteiger partial charge in [-0.1, -0.05) is 0 Å². The maximum absolute atomic E-state index is 10.8. The van der Waals surface area contributed by atoms with Crippen LogP contribution in [0.5, 0.6) is 0 Å². The Kier molecular flexibility index (Phi) is 1.58. The van der Waals surface area contributed by atoms with Crippen molar-refractivity contribution in [1.82, 2.24) is 0 Å². The first-order chi connectivity index (χ1) is 5.31. The van der Waals surface area contributed by atoms with Crippen LogP contribution in [0.1, 0.15) is 6.42 Å². The zero-order valence-electron chi connectivity index (χ0n) is 6.28. The Morgan fingerprint density at radius 3 is 3.18 bits per heavy atom. The van der Waals surface area contributed by atoms with Gasteiger partial charge >= 0.3 is 5.97 Å². The largest absolute Gasteiger partial charge is 0.459 e. The van der Waals surface area contributed by atoms with Crippen molar-refractivity contribution in [1.29, 1.82) is 0 Å². The van der Waals surface area contributed by atoms with Gasteiger partial charge in [0.2, 0.25) is 0 Å². The third kappa shape index (κ3) is 1.02. The molecule has 0 bridgehead atoms. The molecule has 62 valence electrons. The molecule has 0 amide bonds. The van der Waals surface area contributed by atoms with Gasteiger partial charge in [-0.05, 0) is 0 Å². The summed E-state index contributed by atoms with van der Waals surface area (Å²) in [5.74, 6) is -0.0159. The molecule has 2 fully saturated rings. The van der Waals surface area contributed by atoms with E-state index < -0.39 is 0 Å². The normalized spacial score (nSPS) is 42.3. The van der Waals surface area contributed by atoms with Crippen LogP contribution in [0.25, 0.3) is 0 Å². The second kappa shape index (κ2) is 2.46. The molecule has 0 aromatic rings. The van der Waals surface area contributed by atoms with Crippen LogP contribution < -0.4 is 0 Å². The summed E-state index contributed by atoms with van der Waals surface area (Å²) in [6.45, 7) is 0.481. The summed E-state index contributed by atoms with van der Waals surface area (Å²) in [7, 11) is 1.58.